The number of urea groups is 1. The van der Waals surface area contributed by atoms with Gasteiger partial charge in [0.15, 0.2) is 0 Å². The molecule has 5 nitrogen and oxygen atoms in total. The molecule has 0 heterocycles. The lowest BCUT2D eigenvalue weighted by Crippen LogP contribution is -2.42. The van der Waals surface area contributed by atoms with Crippen LogP contribution in [0.15, 0.2) is 18.2 Å². The molecule has 0 atom stereocenters. The van der Waals surface area contributed by atoms with Gasteiger partial charge in [0, 0.05) is 24.2 Å². The molecule has 0 radical (unpaired) electrons. The summed E-state index contributed by atoms with van der Waals surface area (Å²) in [7, 11) is 3.04. The van der Waals surface area contributed by atoms with Gasteiger partial charge in [-0.1, -0.05) is 17.7 Å². The Balaban J connectivity index is 2.58. The smallest absolute Gasteiger partial charge is 0.321 e. The molecular formula is C12H15ClFN3O2. The monoisotopic (exact) mass is 287 g/mol. The molecule has 3 amide bonds. The van der Waals surface area contributed by atoms with Crippen molar-refractivity contribution in [1.29, 1.82) is 0 Å². The molecule has 1 rings (SSSR count). The van der Waals surface area contributed by atoms with E-state index in [1.165, 1.54) is 19.2 Å². The van der Waals surface area contributed by atoms with Gasteiger partial charge in [0.2, 0.25) is 5.91 Å². The number of carbonyl (C=O) groups excluding carboxylic acids is 2. The van der Waals surface area contributed by atoms with Crippen molar-refractivity contribution in [2.75, 3.05) is 20.6 Å². The van der Waals surface area contributed by atoms with Gasteiger partial charge in [0.05, 0.1) is 6.54 Å². The van der Waals surface area contributed by atoms with Crippen LogP contribution in [0.5, 0.6) is 0 Å². The summed E-state index contributed by atoms with van der Waals surface area (Å²) in [5, 5.41) is 4.69. The van der Waals surface area contributed by atoms with Gasteiger partial charge in [-0.05, 0) is 19.2 Å². The Morgan fingerprint density at radius 2 is 2.11 bits per heavy atom. The van der Waals surface area contributed by atoms with E-state index >= 15 is 0 Å². The lowest BCUT2D eigenvalue weighted by atomic mass is 10.2. The second kappa shape index (κ2) is 7.06. The van der Waals surface area contributed by atoms with Gasteiger partial charge in [-0.2, -0.15) is 0 Å². The Labute approximate surface area is 115 Å². The highest BCUT2D eigenvalue weighted by Crippen LogP contribution is 2.20. The maximum absolute atomic E-state index is 13.5. The maximum atomic E-state index is 13.5. The van der Waals surface area contributed by atoms with Crippen molar-refractivity contribution >= 4 is 23.5 Å². The molecule has 0 bridgehead atoms. The van der Waals surface area contributed by atoms with Crippen LogP contribution in [0, 0.1) is 5.82 Å². The predicted molar refractivity (Wildman–Crippen MR) is 70.3 cm³/mol. The Hall–Kier alpha value is -1.66. The molecule has 1 aromatic carbocycles. The second-order valence-corrected chi connectivity index (χ2v) is 4.41. The molecule has 0 aliphatic carbocycles. The first-order chi connectivity index (χ1) is 8.93. The van der Waals surface area contributed by atoms with E-state index in [-0.39, 0.29) is 13.1 Å². The topological polar surface area (TPSA) is 61.4 Å². The molecule has 0 aliphatic heterocycles. The fourth-order valence-corrected chi connectivity index (χ4v) is 1.71. The molecule has 19 heavy (non-hydrogen) atoms. The Bertz CT molecular complexity index is 462. The molecule has 0 saturated heterocycles. The molecular weight excluding hydrogens is 273 g/mol. The first-order valence-electron chi connectivity index (χ1n) is 5.57. The van der Waals surface area contributed by atoms with E-state index in [0.717, 1.165) is 0 Å². The molecule has 2 N–H and O–H groups in total. The van der Waals surface area contributed by atoms with Crippen LogP contribution in [0.4, 0.5) is 9.18 Å². The lowest BCUT2D eigenvalue weighted by Gasteiger charge is -2.17. The standard InChI is InChI=1S/C12H15ClFN3O2/c1-15-12(19)16-11(18)7-17(2)6-8-9(13)4-3-5-10(8)14/h3-5H,6-7H2,1-2H3,(H2,15,16,18,19). The quantitative estimate of drug-likeness (QED) is 0.879. The number of benzene rings is 1. The zero-order valence-corrected chi connectivity index (χ0v) is 11.4. The highest BCUT2D eigenvalue weighted by molar-refractivity contribution is 6.31. The summed E-state index contributed by atoms with van der Waals surface area (Å²) in [5.74, 6) is -0.902. The van der Waals surface area contributed by atoms with Crippen LogP contribution < -0.4 is 10.6 Å². The average Bonchev–Trinajstić information content (AvgIpc) is 2.33. The summed E-state index contributed by atoms with van der Waals surface area (Å²) < 4.78 is 13.5. The van der Waals surface area contributed by atoms with E-state index in [4.69, 9.17) is 11.6 Å². The largest absolute Gasteiger partial charge is 0.341 e. The van der Waals surface area contributed by atoms with E-state index in [2.05, 4.69) is 10.6 Å². The van der Waals surface area contributed by atoms with Gasteiger partial charge in [0.25, 0.3) is 0 Å². The summed E-state index contributed by atoms with van der Waals surface area (Å²) in [6, 6.07) is 3.82. The van der Waals surface area contributed by atoms with Crippen molar-refractivity contribution in [3.8, 4) is 0 Å². The second-order valence-electron chi connectivity index (χ2n) is 4.00. The van der Waals surface area contributed by atoms with Gasteiger partial charge < -0.3 is 5.32 Å². The molecule has 0 fully saturated rings. The molecule has 1 aromatic rings. The first-order valence-corrected chi connectivity index (χ1v) is 5.94. The van der Waals surface area contributed by atoms with Crippen molar-refractivity contribution in [3.05, 3.63) is 34.6 Å². The number of hydrogen-bond donors (Lipinski definition) is 2. The minimum absolute atomic E-state index is 0.0436. The maximum Gasteiger partial charge on any atom is 0.321 e. The van der Waals surface area contributed by atoms with E-state index in [9.17, 15) is 14.0 Å². The van der Waals surface area contributed by atoms with E-state index in [1.807, 2.05) is 0 Å². The number of carbonyl (C=O) groups is 2. The molecule has 0 spiro atoms. The van der Waals surface area contributed by atoms with Crippen LogP contribution in [0.3, 0.4) is 0 Å². The summed E-state index contributed by atoms with van der Waals surface area (Å²) in [5.41, 5.74) is 0.319. The van der Waals surface area contributed by atoms with Crippen LogP contribution >= 0.6 is 11.6 Å². The van der Waals surface area contributed by atoms with E-state index in [0.29, 0.717) is 10.6 Å². The summed E-state index contributed by atoms with van der Waals surface area (Å²) in [6.07, 6.45) is 0. The number of hydrogen-bond acceptors (Lipinski definition) is 3. The molecule has 0 saturated carbocycles. The van der Waals surface area contributed by atoms with Crippen molar-refractivity contribution in [2.24, 2.45) is 0 Å². The number of amides is 3. The Kier molecular flexibility index (Phi) is 5.72. The van der Waals surface area contributed by atoms with Crippen LogP contribution in [-0.2, 0) is 11.3 Å². The minimum Gasteiger partial charge on any atom is -0.341 e. The van der Waals surface area contributed by atoms with Gasteiger partial charge in [-0.3, -0.25) is 15.0 Å². The van der Waals surface area contributed by atoms with Gasteiger partial charge in [-0.25, -0.2) is 9.18 Å². The van der Waals surface area contributed by atoms with Crippen LogP contribution in [-0.4, -0.2) is 37.5 Å². The van der Waals surface area contributed by atoms with Crippen LogP contribution in [0.1, 0.15) is 5.56 Å². The predicted octanol–water partition coefficient (Wildman–Crippen LogP) is 1.37. The highest BCUT2D eigenvalue weighted by atomic mass is 35.5. The number of halogens is 2. The Morgan fingerprint density at radius 1 is 1.42 bits per heavy atom. The van der Waals surface area contributed by atoms with Crippen molar-refractivity contribution in [1.82, 2.24) is 15.5 Å². The number of imide groups is 1. The Morgan fingerprint density at radius 3 is 2.68 bits per heavy atom. The normalized spacial score (nSPS) is 10.4. The molecule has 0 unspecified atom stereocenters. The third-order valence-corrected chi connectivity index (χ3v) is 2.74. The van der Waals surface area contributed by atoms with Crippen LogP contribution in [0.25, 0.3) is 0 Å². The van der Waals surface area contributed by atoms with Gasteiger partial charge in [0.1, 0.15) is 5.82 Å². The zero-order chi connectivity index (χ0) is 14.4. The molecule has 0 aliphatic rings. The summed E-state index contributed by atoms with van der Waals surface area (Å²) in [6.45, 7) is 0.130. The van der Waals surface area contributed by atoms with E-state index in [1.54, 1.807) is 18.0 Å². The average molecular weight is 288 g/mol. The number of nitrogens with zero attached hydrogens (tertiary/aromatic N) is 1. The SMILES string of the molecule is CNC(=O)NC(=O)CN(C)Cc1c(F)cccc1Cl. The fraction of sp³-hybridized carbons (Fsp3) is 0.333. The molecule has 7 heteroatoms. The van der Waals surface area contributed by atoms with Gasteiger partial charge in [-0.15, -0.1) is 0 Å². The van der Waals surface area contributed by atoms with Crippen LogP contribution in [0.2, 0.25) is 5.02 Å². The highest BCUT2D eigenvalue weighted by Gasteiger charge is 2.13. The van der Waals surface area contributed by atoms with E-state index < -0.39 is 17.8 Å². The van der Waals surface area contributed by atoms with Crippen molar-refractivity contribution in [3.63, 3.8) is 0 Å². The number of likely N-dealkylation sites (N-methyl/N-ethyl adjacent to an activating group) is 1. The fourth-order valence-electron chi connectivity index (χ4n) is 1.48. The molecule has 104 valence electrons. The minimum atomic E-state index is -0.581. The molecule has 0 aromatic heterocycles. The summed E-state index contributed by atoms with van der Waals surface area (Å²) in [4.78, 5) is 23.9. The zero-order valence-electron chi connectivity index (χ0n) is 10.7. The third-order valence-electron chi connectivity index (χ3n) is 2.38. The lowest BCUT2D eigenvalue weighted by molar-refractivity contribution is -0.120. The third kappa shape index (κ3) is 4.84. The van der Waals surface area contributed by atoms with Crippen molar-refractivity contribution in [2.45, 2.75) is 6.54 Å². The summed E-state index contributed by atoms with van der Waals surface area (Å²) >= 11 is 5.89. The van der Waals surface area contributed by atoms with Gasteiger partial charge >= 0.3 is 6.03 Å². The van der Waals surface area contributed by atoms with Crippen molar-refractivity contribution < 1.29 is 14.0 Å². The number of nitrogens with one attached hydrogen (secondary N) is 2. The number of rotatable bonds is 4. The first kappa shape index (κ1) is 15.4.